The predicted octanol–water partition coefficient (Wildman–Crippen LogP) is 1.74. The summed E-state index contributed by atoms with van der Waals surface area (Å²) < 4.78 is 0. The number of nitrogens with one attached hydrogen (secondary N) is 1. The number of likely N-dealkylation sites (N-methyl/N-ethyl adjacent to an activating group) is 1. The Labute approximate surface area is 112 Å². The van der Waals surface area contributed by atoms with Crippen LogP contribution in [0.1, 0.15) is 27.4 Å². The molecule has 5 nitrogen and oxygen atoms in total. The average Bonchev–Trinajstić information content (AvgIpc) is 2.76. The van der Waals surface area contributed by atoms with Gasteiger partial charge in [0.25, 0.3) is 5.91 Å². The molecule has 5 heteroatoms. The molecule has 0 saturated heterocycles. The second-order valence-corrected chi connectivity index (χ2v) is 4.61. The number of hydrogen-bond donors (Lipinski definition) is 1. The Morgan fingerprint density at radius 1 is 1.37 bits per heavy atom. The Morgan fingerprint density at radius 3 is 2.74 bits per heavy atom. The third kappa shape index (κ3) is 2.99. The smallest absolute Gasteiger partial charge is 0.257 e. The first kappa shape index (κ1) is 13.3. The molecule has 0 aliphatic carbocycles. The van der Waals surface area contributed by atoms with Crippen LogP contribution in [0.5, 0.6) is 0 Å². The molecular weight excluding hydrogens is 240 g/mol. The largest absolute Gasteiger partial charge is 0.341 e. The zero-order chi connectivity index (χ0) is 13.8. The van der Waals surface area contributed by atoms with E-state index in [0.717, 1.165) is 23.5 Å². The van der Waals surface area contributed by atoms with Gasteiger partial charge in [-0.05, 0) is 26.0 Å². The third-order valence-corrected chi connectivity index (χ3v) is 3.12. The quantitative estimate of drug-likeness (QED) is 0.908. The van der Waals surface area contributed by atoms with Gasteiger partial charge in [-0.25, -0.2) is 0 Å². The topological polar surface area (TPSA) is 61.9 Å². The van der Waals surface area contributed by atoms with Crippen molar-refractivity contribution in [2.75, 3.05) is 13.6 Å². The lowest BCUT2D eigenvalue weighted by Crippen LogP contribution is -2.29. The summed E-state index contributed by atoms with van der Waals surface area (Å²) in [6.45, 7) is 4.34. The molecule has 100 valence electrons. The molecule has 0 radical (unpaired) electrons. The van der Waals surface area contributed by atoms with Crippen LogP contribution in [-0.2, 0) is 6.42 Å². The second kappa shape index (κ2) is 5.65. The maximum absolute atomic E-state index is 12.3. The van der Waals surface area contributed by atoms with Crippen LogP contribution in [0.2, 0.25) is 0 Å². The van der Waals surface area contributed by atoms with E-state index in [0.29, 0.717) is 12.1 Å². The number of nitrogens with zero attached hydrogens (tertiary/aromatic N) is 3. The minimum absolute atomic E-state index is 0.000295. The first-order valence-corrected chi connectivity index (χ1v) is 6.26. The number of aromatic amines is 1. The molecule has 0 spiro atoms. The van der Waals surface area contributed by atoms with Crippen molar-refractivity contribution < 1.29 is 4.79 Å². The Morgan fingerprint density at radius 2 is 2.16 bits per heavy atom. The van der Waals surface area contributed by atoms with E-state index < -0.39 is 0 Å². The molecule has 0 atom stereocenters. The van der Waals surface area contributed by atoms with Crippen LogP contribution in [0.3, 0.4) is 0 Å². The van der Waals surface area contributed by atoms with Crippen molar-refractivity contribution in [2.45, 2.75) is 20.3 Å². The Kier molecular flexibility index (Phi) is 3.94. The molecule has 2 rings (SSSR count). The van der Waals surface area contributed by atoms with E-state index in [2.05, 4.69) is 15.2 Å². The lowest BCUT2D eigenvalue weighted by Gasteiger charge is -2.17. The van der Waals surface area contributed by atoms with E-state index in [1.165, 1.54) is 0 Å². The minimum Gasteiger partial charge on any atom is -0.341 e. The number of rotatable bonds is 4. The monoisotopic (exact) mass is 258 g/mol. The molecule has 1 N–H and O–H groups in total. The van der Waals surface area contributed by atoms with Crippen LogP contribution >= 0.6 is 0 Å². The summed E-state index contributed by atoms with van der Waals surface area (Å²) in [6.07, 6.45) is 2.51. The molecular formula is C14H18N4O. The normalized spacial score (nSPS) is 10.5. The summed E-state index contributed by atoms with van der Waals surface area (Å²) in [5.74, 6) is -0.000295. The number of pyridine rings is 1. The highest BCUT2D eigenvalue weighted by Gasteiger charge is 2.18. The lowest BCUT2D eigenvalue weighted by atomic mass is 10.1. The minimum atomic E-state index is -0.000295. The van der Waals surface area contributed by atoms with Gasteiger partial charge in [0.15, 0.2) is 0 Å². The van der Waals surface area contributed by atoms with E-state index >= 15 is 0 Å². The van der Waals surface area contributed by atoms with Gasteiger partial charge >= 0.3 is 0 Å². The summed E-state index contributed by atoms with van der Waals surface area (Å²) in [7, 11) is 1.80. The highest BCUT2D eigenvalue weighted by atomic mass is 16.2. The first-order chi connectivity index (χ1) is 9.09. The fourth-order valence-electron chi connectivity index (χ4n) is 1.99. The van der Waals surface area contributed by atoms with Crippen molar-refractivity contribution in [3.05, 3.63) is 47.0 Å². The van der Waals surface area contributed by atoms with Gasteiger partial charge < -0.3 is 4.90 Å². The van der Waals surface area contributed by atoms with Gasteiger partial charge in [-0.15, -0.1) is 0 Å². The highest BCUT2D eigenvalue weighted by molar-refractivity contribution is 5.96. The number of H-pyrrole nitrogens is 1. The van der Waals surface area contributed by atoms with Crippen LogP contribution < -0.4 is 0 Å². The highest BCUT2D eigenvalue weighted by Crippen LogP contribution is 2.12. The van der Waals surface area contributed by atoms with Gasteiger partial charge in [-0.1, -0.05) is 6.07 Å². The first-order valence-electron chi connectivity index (χ1n) is 6.26. The fraction of sp³-hybridized carbons (Fsp3) is 0.357. The molecule has 0 aliphatic rings. The molecule has 0 fully saturated rings. The Hall–Kier alpha value is -2.17. The van der Waals surface area contributed by atoms with Crippen LogP contribution in [0.4, 0.5) is 0 Å². The van der Waals surface area contributed by atoms with Crippen LogP contribution in [0.15, 0.2) is 24.4 Å². The number of amides is 1. The maximum atomic E-state index is 12.3. The molecule has 19 heavy (non-hydrogen) atoms. The molecule has 0 saturated carbocycles. The summed E-state index contributed by atoms with van der Waals surface area (Å²) >= 11 is 0. The zero-order valence-corrected chi connectivity index (χ0v) is 11.5. The number of carbonyl (C=O) groups is 1. The van der Waals surface area contributed by atoms with Crippen molar-refractivity contribution in [2.24, 2.45) is 0 Å². The summed E-state index contributed by atoms with van der Waals surface area (Å²) in [5, 5.41) is 6.89. The van der Waals surface area contributed by atoms with Crippen molar-refractivity contribution in [1.29, 1.82) is 0 Å². The Bertz CT molecular complexity index is 543. The molecule has 2 aromatic rings. The zero-order valence-electron chi connectivity index (χ0n) is 11.5. The van der Waals surface area contributed by atoms with E-state index in [1.54, 1.807) is 18.1 Å². The van der Waals surface area contributed by atoms with Crippen molar-refractivity contribution >= 4 is 5.91 Å². The van der Waals surface area contributed by atoms with Crippen LogP contribution in [0, 0.1) is 13.8 Å². The summed E-state index contributed by atoms with van der Waals surface area (Å²) in [5.41, 5.74) is 3.21. The van der Waals surface area contributed by atoms with Crippen molar-refractivity contribution in [1.82, 2.24) is 20.1 Å². The number of aromatic nitrogens is 3. The van der Waals surface area contributed by atoms with E-state index in [1.807, 2.05) is 32.0 Å². The lowest BCUT2D eigenvalue weighted by molar-refractivity contribution is 0.0795. The third-order valence-electron chi connectivity index (χ3n) is 3.12. The second-order valence-electron chi connectivity index (χ2n) is 4.61. The van der Waals surface area contributed by atoms with Gasteiger partial charge in [0.1, 0.15) is 0 Å². The molecule has 0 aliphatic heterocycles. The van der Waals surface area contributed by atoms with Gasteiger partial charge in [-0.2, -0.15) is 5.10 Å². The van der Waals surface area contributed by atoms with Crippen LogP contribution in [0.25, 0.3) is 0 Å². The van der Waals surface area contributed by atoms with Gasteiger partial charge in [0, 0.05) is 37.6 Å². The molecule has 1 amide bonds. The maximum Gasteiger partial charge on any atom is 0.257 e. The number of hydrogen-bond acceptors (Lipinski definition) is 3. The molecule has 0 aromatic carbocycles. The SMILES string of the molecule is Cc1n[nH]c(C)c1C(=O)N(C)CCc1ccccn1. The molecule has 0 bridgehead atoms. The summed E-state index contributed by atoms with van der Waals surface area (Å²) in [4.78, 5) is 18.3. The Balaban J connectivity index is 2.01. The van der Waals surface area contributed by atoms with Crippen molar-refractivity contribution in [3.63, 3.8) is 0 Å². The predicted molar refractivity (Wildman–Crippen MR) is 73.0 cm³/mol. The average molecular weight is 258 g/mol. The molecule has 0 unspecified atom stereocenters. The van der Waals surface area contributed by atoms with Gasteiger partial charge in [-0.3, -0.25) is 14.9 Å². The molecule has 2 aromatic heterocycles. The van der Waals surface area contributed by atoms with Gasteiger partial charge in [0.05, 0.1) is 11.3 Å². The van der Waals surface area contributed by atoms with Crippen LogP contribution in [-0.4, -0.2) is 39.6 Å². The number of aryl methyl sites for hydroxylation is 2. The number of carbonyl (C=O) groups excluding carboxylic acids is 1. The van der Waals surface area contributed by atoms with E-state index in [-0.39, 0.29) is 5.91 Å². The summed E-state index contributed by atoms with van der Waals surface area (Å²) in [6, 6.07) is 5.80. The van der Waals surface area contributed by atoms with E-state index in [9.17, 15) is 4.79 Å². The van der Waals surface area contributed by atoms with Gasteiger partial charge in [0.2, 0.25) is 0 Å². The molecule has 2 heterocycles. The van der Waals surface area contributed by atoms with E-state index in [4.69, 9.17) is 0 Å². The standard InChI is InChI=1S/C14H18N4O/c1-10-13(11(2)17-16-10)14(19)18(3)9-7-12-6-4-5-8-15-12/h4-6,8H,7,9H2,1-3H3,(H,16,17). The van der Waals surface area contributed by atoms with Crippen molar-refractivity contribution in [3.8, 4) is 0 Å². The fourth-order valence-corrected chi connectivity index (χ4v) is 1.99.